The third-order valence-corrected chi connectivity index (χ3v) is 4.08. The largest absolute Gasteiger partial charge is 0.394 e. The average molecular weight is 302 g/mol. The highest BCUT2D eigenvalue weighted by atomic mass is 16.3. The monoisotopic (exact) mass is 302 g/mol. The SMILES string of the molecule is CNC(=O)c1ccc(/C=C/C(=O)NC2(CO)CCCC2)cc1. The van der Waals surface area contributed by atoms with Crippen LogP contribution in [-0.2, 0) is 4.79 Å². The molecule has 1 aromatic rings. The van der Waals surface area contributed by atoms with Crippen LogP contribution in [0, 0.1) is 0 Å². The first-order valence-corrected chi connectivity index (χ1v) is 7.52. The van der Waals surface area contributed by atoms with Gasteiger partial charge >= 0.3 is 0 Å². The van der Waals surface area contributed by atoms with Crippen molar-refractivity contribution < 1.29 is 14.7 Å². The maximum absolute atomic E-state index is 12.0. The van der Waals surface area contributed by atoms with Crippen LogP contribution >= 0.6 is 0 Å². The van der Waals surface area contributed by atoms with Crippen LogP contribution in [-0.4, -0.2) is 36.1 Å². The molecule has 0 aliphatic heterocycles. The zero-order valence-electron chi connectivity index (χ0n) is 12.8. The minimum absolute atomic E-state index is 0.0204. The van der Waals surface area contributed by atoms with E-state index >= 15 is 0 Å². The van der Waals surface area contributed by atoms with Gasteiger partial charge in [-0.1, -0.05) is 25.0 Å². The zero-order valence-corrected chi connectivity index (χ0v) is 12.8. The van der Waals surface area contributed by atoms with Crippen molar-refractivity contribution >= 4 is 17.9 Å². The highest BCUT2D eigenvalue weighted by molar-refractivity contribution is 5.95. The van der Waals surface area contributed by atoms with E-state index in [4.69, 9.17) is 0 Å². The van der Waals surface area contributed by atoms with Crippen molar-refractivity contribution in [1.82, 2.24) is 10.6 Å². The van der Waals surface area contributed by atoms with Gasteiger partial charge in [-0.3, -0.25) is 9.59 Å². The lowest BCUT2D eigenvalue weighted by Crippen LogP contribution is -2.48. The standard InChI is InChI=1S/C17H22N2O3/c1-18-16(22)14-7-4-13(5-8-14)6-9-15(21)19-17(12-20)10-2-3-11-17/h4-9,20H,2-3,10-12H2,1H3,(H,18,22)(H,19,21)/b9-6+. The molecule has 1 aliphatic carbocycles. The molecule has 0 atom stereocenters. The third kappa shape index (κ3) is 3.95. The highest BCUT2D eigenvalue weighted by Gasteiger charge is 2.33. The van der Waals surface area contributed by atoms with E-state index in [0.717, 1.165) is 31.2 Å². The van der Waals surface area contributed by atoms with Gasteiger partial charge in [0.2, 0.25) is 5.91 Å². The quantitative estimate of drug-likeness (QED) is 0.721. The Hall–Kier alpha value is -2.14. The molecule has 0 radical (unpaired) electrons. The first kappa shape index (κ1) is 16.2. The van der Waals surface area contributed by atoms with Gasteiger partial charge in [0.15, 0.2) is 0 Å². The Morgan fingerprint density at radius 2 is 1.86 bits per heavy atom. The number of hydrogen-bond acceptors (Lipinski definition) is 3. The van der Waals surface area contributed by atoms with E-state index in [1.54, 1.807) is 37.4 Å². The molecule has 1 fully saturated rings. The van der Waals surface area contributed by atoms with E-state index in [0.29, 0.717) is 5.56 Å². The summed E-state index contributed by atoms with van der Waals surface area (Å²) >= 11 is 0. The van der Waals surface area contributed by atoms with Gasteiger partial charge < -0.3 is 15.7 Å². The third-order valence-electron chi connectivity index (χ3n) is 4.08. The minimum Gasteiger partial charge on any atom is -0.394 e. The summed E-state index contributed by atoms with van der Waals surface area (Å²) in [6, 6.07) is 6.99. The van der Waals surface area contributed by atoms with Crippen molar-refractivity contribution in [2.24, 2.45) is 0 Å². The summed E-state index contributed by atoms with van der Waals surface area (Å²) in [6.45, 7) is -0.0204. The topological polar surface area (TPSA) is 78.4 Å². The van der Waals surface area contributed by atoms with Crippen LogP contribution in [0.5, 0.6) is 0 Å². The Labute approximate surface area is 130 Å². The predicted octanol–water partition coefficient (Wildman–Crippen LogP) is 1.48. The van der Waals surface area contributed by atoms with Crippen LogP contribution in [0.1, 0.15) is 41.6 Å². The Kier molecular flexibility index (Phi) is 5.33. The molecule has 2 amide bonds. The van der Waals surface area contributed by atoms with Gasteiger partial charge in [0, 0.05) is 18.7 Å². The molecule has 0 spiro atoms. The normalized spacial score (nSPS) is 16.6. The van der Waals surface area contributed by atoms with Crippen LogP contribution in [0.25, 0.3) is 6.08 Å². The second-order valence-electron chi connectivity index (χ2n) is 5.67. The lowest BCUT2D eigenvalue weighted by molar-refractivity contribution is -0.118. The number of carbonyl (C=O) groups excluding carboxylic acids is 2. The predicted molar refractivity (Wildman–Crippen MR) is 85.3 cm³/mol. The second kappa shape index (κ2) is 7.22. The molecular formula is C17H22N2O3. The maximum atomic E-state index is 12.0. The first-order chi connectivity index (χ1) is 10.6. The fourth-order valence-corrected chi connectivity index (χ4v) is 2.74. The van der Waals surface area contributed by atoms with Crippen molar-refractivity contribution in [3.05, 3.63) is 41.5 Å². The molecule has 2 rings (SSSR count). The van der Waals surface area contributed by atoms with Gasteiger partial charge in [-0.2, -0.15) is 0 Å². The second-order valence-corrected chi connectivity index (χ2v) is 5.67. The highest BCUT2D eigenvalue weighted by Crippen LogP contribution is 2.29. The Bertz CT molecular complexity index is 558. The van der Waals surface area contributed by atoms with Gasteiger partial charge in [0.25, 0.3) is 5.91 Å². The average Bonchev–Trinajstić information content (AvgIpc) is 3.01. The van der Waals surface area contributed by atoms with E-state index in [1.165, 1.54) is 6.08 Å². The molecule has 5 nitrogen and oxygen atoms in total. The van der Waals surface area contributed by atoms with E-state index < -0.39 is 5.54 Å². The number of amides is 2. The molecule has 1 aromatic carbocycles. The molecule has 0 bridgehead atoms. The summed E-state index contributed by atoms with van der Waals surface area (Å²) in [4.78, 5) is 23.4. The maximum Gasteiger partial charge on any atom is 0.251 e. The smallest absolute Gasteiger partial charge is 0.251 e. The number of rotatable bonds is 5. The van der Waals surface area contributed by atoms with Crippen molar-refractivity contribution in [3.63, 3.8) is 0 Å². The van der Waals surface area contributed by atoms with Crippen molar-refractivity contribution in [1.29, 1.82) is 0 Å². The summed E-state index contributed by atoms with van der Waals surface area (Å²) in [6.07, 6.45) is 6.87. The minimum atomic E-state index is -0.454. The molecule has 0 unspecified atom stereocenters. The first-order valence-electron chi connectivity index (χ1n) is 7.52. The van der Waals surface area contributed by atoms with Crippen LogP contribution in [0.4, 0.5) is 0 Å². The van der Waals surface area contributed by atoms with Crippen molar-refractivity contribution in [2.45, 2.75) is 31.2 Å². The number of aliphatic hydroxyl groups is 1. The number of carbonyl (C=O) groups is 2. The molecule has 5 heteroatoms. The molecule has 22 heavy (non-hydrogen) atoms. The van der Waals surface area contributed by atoms with Gasteiger partial charge in [-0.25, -0.2) is 0 Å². The number of nitrogens with one attached hydrogen (secondary N) is 2. The van der Waals surface area contributed by atoms with Gasteiger partial charge in [0.1, 0.15) is 0 Å². The summed E-state index contributed by atoms with van der Waals surface area (Å²) in [5, 5.41) is 14.9. The molecule has 1 saturated carbocycles. The fourth-order valence-electron chi connectivity index (χ4n) is 2.74. The van der Waals surface area contributed by atoms with Gasteiger partial charge in [-0.05, 0) is 36.6 Å². The van der Waals surface area contributed by atoms with Gasteiger partial charge in [0.05, 0.1) is 12.1 Å². The van der Waals surface area contributed by atoms with Crippen LogP contribution in [0.15, 0.2) is 30.3 Å². The van der Waals surface area contributed by atoms with E-state index in [9.17, 15) is 14.7 Å². The summed E-state index contributed by atoms with van der Waals surface area (Å²) < 4.78 is 0. The van der Waals surface area contributed by atoms with E-state index in [2.05, 4.69) is 10.6 Å². The molecule has 0 heterocycles. The summed E-state index contributed by atoms with van der Waals surface area (Å²) in [7, 11) is 1.58. The number of aliphatic hydroxyl groups excluding tert-OH is 1. The fraction of sp³-hybridized carbons (Fsp3) is 0.412. The number of hydrogen-bond donors (Lipinski definition) is 3. The Morgan fingerprint density at radius 1 is 1.23 bits per heavy atom. The van der Waals surface area contributed by atoms with Gasteiger partial charge in [-0.15, -0.1) is 0 Å². The van der Waals surface area contributed by atoms with Crippen LogP contribution < -0.4 is 10.6 Å². The van der Waals surface area contributed by atoms with Crippen LogP contribution in [0.2, 0.25) is 0 Å². The molecule has 0 aromatic heterocycles. The van der Waals surface area contributed by atoms with Crippen LogP contribution in [0.3, 0.4) is 0 Å². The molecule has 1 aliphatic rings. The summed E-state index contributed by atoms with van der Waals surface area (Å²) in [5.41, 5.74) is 0.964. The Morgan fingerprint density at radius 3 is 2.41 bits per heavy atom. The molecule has 3 N–H and O–H groups in total. The summed E-state index contributed by atoms with van der Waals surface area (Å²) in [5.74, 6) is -0.342. The number of benzene rings is 1. The molecule has 0 saturated heterocycles. The van der Waals surface area contributed by atoms with Crippen molar-refractivity contribution in [2.75, 3.05) is 13.7 Å². The Balaban J connectivity index is 1.96. The lowest BCUT2D eigenvalue weighted by Gasteiger charge is -2.27. The molecule has 118 valence electrons. The van der Waals surface area contributed by atoms with E-state index in [1.807, 2.05) is 0 Å². The molecular weight excluding hydrogens is 280 g/mol. The zero-order chi connectivity index (χ0) is 16.0. The lowest BCUT2D eigenvalue weighted by atomic mass is 9.99. The van der Waals surface area contributed by atoms with E-state index in [-0.39, 0.29) is 18.4 Å². The van der Waals surface area contributed by atoms with Crippen molar-refractivity contribution in [3.8, 4) is 0 Å².